The summed E-state index contributed by atoms with van der Waals surface area (Å²) < 4.78 is 11.0. The van der Waals surface area contributed by atoms with Crippen LogP contribution in [0.25, 0.3) is 0 Å². The molecule has 0 saturated carbocycles. The van der Waals surface area contributed by atoms with Crippen LogP contribution in [0.3, 0.4) is 0 Å². The van der Waals surface area contributed by atoms with E-state index >= 15 is 0 Å². The lowest BCUT2D eigenvalue weighted by Crippen LogP contribution is -2.38. The molecule has 1 atom stereocenters. The number of hydrogen-bond acceptors (Lipinski definition) is 5. The first kappa shape index (κ1) is 22.9. The van der Waals surface area contributed by atoms with Crippen molar-refractivity contribution in [2.24, 2.45) is 4.99 Å². The lowest BCUT2D eigenvalue weighted by Gasteiger charge is -2.35. The van der Waals surface area contributed by atoms with E-state index in [0.717, 1.165) is 0 Å². The highest BCUT2D eigenvalue weighted by Gasteiger charge is 2.42. The Morgan fingerprint density at radius 1 is 0.935 bits per heavy atom. The molecule has 31 heavy (non-hydrogen) atoms. The van der Waals surface area contributed by atoms with Gasteiger partial charge in [0.1, 0.15) is 22.8 Å². The van der Waals surface area contributed by atoms with Crippen molar-refractivity contribution in [3.8, 4) is 17.2 Å². The van der Waals surface area contributed by atoms with Crippen LogP contribution in [0.4, 0.5) is 0 Å². The van der Waals surface area contributed by atoms with Crippen molar-refractivity contribution in [2.75, 3.05) is 14.2 Å². The van der Waals surface area contributed by atoms with Crippen molar-refractivity contribution in [3.05, 3.63) is 87.4 Å². The number of rotatable bonds is 7. The summed E-state index contributed by atoms with van der Waals surface area (Å²) in [5.74, 6) is 0.873. The van der Waals surface area contributed by atoms with Gasteiger partial charge in [-0.1, -0.05) is 59.6 Å². The summed E-state index contributed by atoms with van der Waals surface area (Å²) in [6.45, 7) is 1.76. The van der Waals surface area contributed by atoms with Gasteiger partial charge in [-0.15, -0.1) is 0 Å². The molecule has 3 rings (SSSR count). The first-order valence-corrected chi connectivity index (χ1v) is 10.3. The molecular weight excluding hydrogens is 437 g/mol. The maximum atomic E-state index is 12.1. The molecule has 0 spiro atoms. The predicted octanol–water partition coefficient (Wildman–Crippen LogP) is 5.46. The Bertz CT molecular complexity index is 1050. The van der Waals surface area contributed by atoms with E-state index in [1.165, 1.54) is 12.3 Å². The molecule has 3 aromatic carbocycles. The lowest BCUT2D eigenvalue weighted by molar-refractivity contribution is 0.0538. The molecule has 7 heteroatoms. The molecule has 0 aliphatic heterocycles. The molecular formula is C24H23Cl2NO4. The van der Waals surface area contributed by atoms with Gasteiger partial charge >= 0.3 is 0 Å². The predicted molar refractivity (Wildman–Crippen MR) is 124 cm³/mol. The number of aromatic hydroxyl groups is 1. The number of methoxy groups -OCH3 is 2. The highest BCUT2D eigenvalue weighted by Crippen LogP contribution is 2.43. The number of ether oxygens (including phenoxy) is 2. The molecule has 162 valence electrons. The van der Waals surface area contributed by atoms with Crippen LogP contribution in [0.15, 0.2) is 65.7 Å². The Hall–Kier alpha value is -2.73. The van der Waals surface area contributed by atoms with Gasteiger partial charge in [0, 0.05) is 27.9 Å². The van der Waals surface area contributed by atoms with Gasteiger partial charge in [0.25, 0.3) is 0 Å². The molecule has 5 nitrogen and oxygen atoms in total. The normalized spacial score (nSPS) is 12.7. The minimum Gasteiger partial charge on any atom is -0.506 e. The van der Waals surface area contributed by atoms with Gasteiger partial charge in [-0.05, 0) is 31.2 Å². The third-order valence-electron chi connectivity index (χ3n) is 5.13. The molecule has 0 heterocycles. The highest BCUT2D eigenvalue weighted by atomic mass is 35.5. The van der Waals surface area contributed by atoms with E-state index < -0.39 is 11.6 Å². The third kappa shape index (κ3) is 4.49. The van der Waals surface area contributed by atoms with Gasteiger partial charge in [-0.3, -0.25) is 4.99 Å². The molecule has 2 N–H and O–H groups in total. The first-order valence-electron chi connectivity index (χ1n) is 9.53. The number of hydrogen-bond donors (Lipinski definition) is 2. The van der Waals surface area contributed by atoms with E-state index in [9.17, 15) is 10.2 Å². The van der Waals surface area contributed by atoms with E-state index in [1.807, 2.05) is 24.3 Å². The Balaban J connectivity index is 2.17. The molecule has 3 aromatic rings. The van der Waals surface area contributed by atoms with Crippen LogP contribution >= 0.6 is 23.2 Å². The third-order valence-corrected chi connectivity index (χ3v) is 5.64. The molecule has 0 aromatic heterocycles. The van der Waals surface area contributed by atoms with E-state index in [-0.39, 0.29) is 10.8 Å². The van der Waals surface area contributed by atoms with Gasteiger partial charge in [0.2, 0.25) is 0 Å². The Labute approximate surface area is 191 Å². The second-order valence-electron chi connectivity index (χ2n) is 6.95. The average Bonchev–Trinajstić information content (AvgIpc) is 2.79. The molecule has 0 fully saturated rings. The fourth-order valence-electron chi connectivity index (χ4n) is 3.50. The topological polar surface area (TPSA) is 71.3 Å². The van der Waals surface area contributed by atoms with Crippen molar-refractivity contribution in [2.45, 2.75) is 18.6 Å². The summed E-state index contributed by atoms with van der Waals surface area (Å²) in [6.07, 6.45) is 1.44. The van der Waals surface area contributed by atoms with Gasteiger partial charge in [0.05, 0.1) is 25.3 Å². The molecule has 0 aliphatic rings. The summed E-state index contributed by atoms with van der Waals surface area (Å²) in [4.78, 5) is 4.55. The second-order valence-corrected chi connectivity index (χ2v) is 7.79. The number of nitrogens with zero attached hydrogens (tertiary/aromatic N) is 1. The molecule has 0 radical (unpaired) electrons. The summed E-state index contributed by atoms with van der Waals surface area (Å²) in [5.41, 5.74) is -0.208. The Morgan fingerprint density at radius 2 is 1.45 bits per heavy atom. The van der Waals surface area contributed by atoms with Crippen molar-refractivity contribution >= 4 is 29.4 Å². The summed E-state index contributed by atoms with van der Waals surface area (Å²) >= 11 is 12.1. The molecule has 0 saturated heterocycles. The molecule has 1 unspecified atom stereocenters. The summed E-state index contributed by atoms with van der Waals surface area (Å²) in [5, 5.41) is 22.8. The standard InChI is InChI=1S/C24H23Cl2NO4/c1-15(27-14-16-12-17(25)13-20(26)23(16)28)24(29,18-8-4-6-10-21(18)30-2)19-9-5-7-11-22(19)31-3/h4-15,28-29H,1-3H3. The first-order chi connectivity index (χ1) is 14.8. The van der Waals surface area contributed by atoms with Gasteiger partial charge in [0.15, 0.2) is 0 Å². The minimum absolute atomic E-state index is 0.117. The maximum absolute atomic E-state index is 12.1. The number of phenolic OH excluding ortho intramolecular Hbond substituents is 1. The largest absolute Gasteiger partial charge is 0.506 e. The van der Waals surface area contributed by atoms with Crippen molar-refractivity contribution in [3.63, 3.8) is 0 Å². The number of para-hydroxylation sites is 2. The van der Waals surface area contributed by atoms with Crippen molar-refractivity contribution in [1.29, 1.82) is 0 Å². The maximum Gasteiger partial charge on any atom is 0.144 e. The minimum atomic E-state index is -1.60. The lowest BCUT2D eigenvalue weighted by atomic mass is 9.80. The smallest absolute Gasteiger partial charge is 0.144 e. The zero-order valence-corrected chi connectivity index (χ0v) is 18.9. The molecule has 0 amide bonds. The SMILES string of the molecule is COc1ccccc1C(O)(c1ccccc1OC)C(C)N=Cc1cc(Cl)cc(Cl)c1O. The number of halogens is 2. The van der Waals surface area contributed by atoms with Gasteiger partial charge in [-0.2, -0.15) is 0 Å². The fourth-order valence-corrected chi connectivity index (χ4v) is 4.01. The number of phenols is 1. The van der Waals surface area contributed by atoms with Gasteiger partial charge in [-0.25, -0.2) is 0 Å². The summed E-state index contributed by atoms with van der Waals surface area (Å²) in [7, 11) is 3.09. The van der Waals surface area contributed by atoms with E-state index in [0.29, 0.717) is 33.2 Å². The number of benzene rings is 3. The van der Waals surface area contributed by atoms with Crippen LogP contribution in [0.5, 0.6) is 17.2 Å². The van der Waals surface area contributed by atoms with Crippen molar-refractivity contribution in [1.82, 2.24) is 0 Å². The Morgan fingerprint density at radius 3 is 1.97 bits per heavy atom. The molecule has 0 aliphatic carbocycles. The zero-order chi connectivity index (χ0) is 22.6. The van der Waals surface area contributed by atoms with Crippen LogP contribution < -0.4 is 9.47 Å². The Kier molecular flexibility index (Phi) is 7.11. The fraction of sp³-hybridized carbons (Fsp3) is 0.208. The molecule has 0 bridgehead atoms. The summed E-state index contributed by atoms with van der Waals surface area (Å²) in [6, 6.07) is 16.7. The number of aliphatic hydroxyl groups is 1. The average molecular weight is 460 g/mol. The second kappa shape index (κ2) is 9.60. The van der Waals surface area contributed by atoms with Crippen LogP contribution in [0.1, 0.15) is 23.6 Å². The van der Waals surface area contributed by atoms with Crippen LogP contribution in [-0.2, 0) is 5.60 Å². The van der Waals surface area contributed by atoms with Crippen molar-refractivity contribution < 1.29 is 19.7 Å². The van der Waals surface area contributed by atoms with E-state index in [2.05, 4.69) is 4.99 Å². The zero-order valence-electron chi connectivity index (χ0n) is 17.3. The number of aliphatic imine (C=N–C) groups is 1. The van der Waals surface area contributed by atoms with Crippen LogP contribution in [0, 0.1) is 0 Å². The monoisotopic (exact) mass is 459 g/mol. The van der Waals surface area contributed by atoms with Gasteiger partial charge < -0.3 is 19.7 Å². The highest BCUT2D eigenvalue weighted by molar-refractivity contribution is 6.36. The van der Waals surface area contributed by atoms with Crippen LogP contribution in [0.2, 0.25) is 10.0 Å². The van der Waals surface area contributed by atoms with Crippen LogP contribution in [-0.4, -0.2) is 36.7 Å². The quantitative estimate of drug-likeness (QED) is 0.460. The van der Waals surface area contributed by atoms with E-state index in [1.54, 1.807) is 51.5 Å². The van der Waals surface area contributed by atoms with E-state index in [4.69, 9.17) is 32.7 Å².